The zero-order valence-electron chi connectivity index (χ0n) is 19.5. The van der Waals surface area contributed by atoms with Crippen LogP contribution in [0.3, 0.4) is 0 Å². The number of hydrogen-bond acceptors (Lipinski definition) is 5. The highest BCUT2D eigenvalue weighted by atomic mass is 16.5. The molecule has 4 heterocycles. The van der Waals surface area contributed by atoms with Gasteiger partial charge in [-0.3, -0.25) is 9.59 Å². The first kappa shape index (κ1) is 21.6. The SMILES string of the molecule is COc1ccc2c(c1)OC(C)(C)[C@@H]1C[C@H]3CN(C(=O)[C@@H]4CCCN4C(C)=O)CC[C@H]3O[C@@H]21. The Morgan fingerprint density at radius 2 is 2.00 bits per heavy atom. The fourth-order valence-electron chi connectivity index (χ4n) is 6.22. The van der Waals surface area contributed by atoms with Gasteiger partial charge in [-0.05, 0) is 51.7 Å². The Bertz CT molecular complexity index is 916. The number of carbonyl (C=O) groups is 2. The van der Waals surface area contributed by atoms with E-state index in [0.29, 0.717) is 19.6 Å². The van der Waals surface area contributed by atoms with Crippen LogP contribution in [0.4, 0.5) is 0 Å². The van der Waals surface area contributed by atoms with Crippen LogP contribution in [-0.2, 0) is 14.3 Å². The number of piperidine rings is 1. The van der Waals surface area contributed by atoms with Crippen LogP contribution in [-0.4, -0.2) is 66.1 Å². The molecule has 4 aliphatic heterocycles. The molecule has 2 amide bonds. The summed E-state index contributed by atoms with van der Waals surface area (Å²) >= 11 is 0. The maximum atomic E-state index is 13.3. The van der Waals surface area contributed by atoms with Crippen LogP contribution in [0.2, 0.25) is 0 Å². The van der Waals surface area contributed by atoms with E-state index in [1.807, 2.05) is 17.0 Å². The van der Waals surface area contributed by atoms with Crippen LogP contribution >= 0.6 is 0 Å². The van der Waals surface area contributed by atoms with Gasteiger partial charge in [0.05, 0.1) is 19.3 Å². The van der Waals surface area contributed by atoms with Crippen molar-refractivity contribution in [1.29, 1.82) is 0 Å². The zero-order chi connectivity index (χ0) is 22.6. The summed E-state index contributed by atoms with van der Waals surface area (Å²) < 4.78 is 18.5. The minimum absolute atomic E-state index is 0.00372. The summed E-state index contributed by atoms with van der Waals surface area (Å²) in [4.78, 5) is 29.0. The number of nitrogens with zero attached hydrogens (tertiary/aromatic N) is 2. The number of hydrogen-bond donors (Lipinski definition) is 0. The maximum Gasteiger partial charge on any atom is 0.245 e. The molecule has 0 aliphatic carbocycles. The highest BCUT2D eigenvalue weighted by molar-refractivity contribution is 5.87. The lowest BCUT2D eigenvalue weighted by atomic mass is 9.70. The molecule has 174 valence electrons. The summed E-state index contributed by atoms with van der Waals surface area (Å²) in [5, 5.41) is 0. The predicted molar refractivity (Wildman–Crippen MR) is 119 cm³/mol. The second kappa shape index (κ2) is 7.94. The fraction of sp³-hybridized carbons (Fsp3) is 0.680. The van der Waals surface area contributed by atoms with E-state index in [-0.39, 0.29) is 47.5 Å². The molecule has 0 bridgehead atoms. The first-order valence-electron chi connectivity index (χ1n) is 11.9. The Hall–Kier alpha value is -2.28. The average Bonchev–Trinajstić information content (AvgIpc) is 3.27. The van der Waals surface area contributed by atoms with Gasteiger partial charge in [0.15, 0.2) is 0 Å². The number of carbonyl (C=O) groups excluding carboxylic acids is 2. The van der Waals surface area contributed by atoms with E-state index in [1.165, 1.54) is 0 Å². The van der Waals surface area contributed by atoms with Crippen molar-refractivity contribution in [3.63, 3.8) is 0 Å². The van der Waals surface area contributed by atoms with Gasteiger partial charge in [-0.15, -0.1) is 0 Å². The van der Waals surface area contributed by atoms with E-state index in [2.05, 4.69) is 19.9 Å². The minimum atomic E-state index is -0.377. The van der Waals surface area contributed by atoms with Gasteiger partial charge in [-0.2, -0.15) is 0 Å². The molecule has 0 radical (unpaired) electrons. The van der Waals surface area contributed by atoms with Crippen molar-refractivity contribution in [1.82, 2.24) is 9.80 Å². The molecule has 0 unspecified atom stereocenters. The molecule has 0 spiro atoms. The van der Waals surface area contributed by atoms with Crippen molar-refractivity contribution in [3.8, 4) is 11.5 Å². The van der Waals surface area contributed by atoms with E-state index >= 15 is 0 Å². The molecule has 1 aromatic carbocycles. The highest BCUT2D eigenvalue weighted by Crippen LogP contribution is 2.53. The first-order chi connectivity index (χ1) is 15.3. The lowest BCUT2D eigenvalue weighted by Crippen LogP contribution is -2.57. The standard InChI is InChI=1S/C25H34N2O5/c1-15(28)27-10-5-6-20(27)24(29)26-11-9-21-16(14-26)12-19-23(31-21)18-8-7-17(30-4)13-22(18)32-25(19,2)3/h7-8,13,16,19-21,23H,5-6,9-12,14H2,1-4H3/t16-,19+,20-,21+,23-/m0/s1. The Kier molecular flexibility index (Phi) is 5.35. The molecule has 3 saturated heterocycles. The summed E-state index contributed by atoms with van der Waals surface area (Å²) in [6, 6.07) is 5.69. The number of ether oxygens (including phenoxy) is 3. The predicted octanol–water partition coefficient (Wildman–Crippen LogP) is 3.17. The van der Waals surface area contributed by atoms with Crippen molar-refractivity contribution in [2.45, 2.75) is 70.3 Å². The molecule has 4 aliphatic rings. The van der Waals surface area contributed by atoms with Crippen LogP contribution in [0.5, 0.6) is 11.5 Å². The van der Waals surface area contributed by atoms with Gasteiger partial charge >= 0.3 is 0 Å². The summed E-state index contributed by atoms with van der Waals surface area (Å²) in [7, 11) is 1.66. The average molecular weight is 443 g/mol. The van der Waals surface area contributed by atoms with Gasteiger partial charge in [-0.1, -0.05) is 0 Å². The first-order valence-corrected chi connectivity index (χ1v) is 11.9. The molecule has 0 saturated carbocycles. The van der Waals surface area contributed by atoms with Gasteiger partial charge in [0.1, 0.15) is 23.1 Å². The summed E-state index contributed by atoms with van der Waals surface area (Å²) in [6.45, 7) is 7.90. The Morgan fingerprint density at radius 1 is 1.19 bits per heavy atom. The molecule has 0 aromatic heterocycles. The van der Waals surface area contributed by atoms with Crippen molar-refractivity contribution < 1.29 is 23.8 Å². The quantitative estimate of drug-likeness (QED) is 0.704. The largest absolute Gasteiger partial charge is 0.497 e. The van der Waals surface area contributed by atoms with Gasteiger partial charge < -0.3 is 24.0 Å². The van der Waals surface area contributed by atoms with Crippen molar-refractivity contribution in [3.05, 3.63) is 23.8 Å². The molecule has 7 nitrogen and oxygen atoms in total. The van der Waals surface area contributed by atoms with Gasteiger partial charge in [0, 0.05) is 50.0 Å². The highest BCUT2D eigenvalue weighted by Gasteiger charge is 2.52. The summed E-state index contributed by atoms with van der Waals surface area (Å²) in [5.41, 5.74) is 0.716. The number of fused-ring (bicyclic) bond motifs is 4. The molecular formula is C25H34N2O5. The summed E-state index contributed by atoms with van der Waals surface area (Å²) in [6.07, 6.45) is 3.59. The van der Waals surface area contributed by atoms with Crippen molar-refractivity contribution in [2.75, 3.05) is 26.7 Å². The van der Waals surface area contributed by atoms with Crippen LogP contribution in [0.25, 0.3) is 0 Å². The number of amides is 2. The van der Waals surface area contributed by atoms with Crippen LogP contribution in [0.15, 0.2) is 18.2 Å². The lowest BCUT2D eigenvalue weighted by molar-refractivity contribution is -0.189. The second-order valence-electron chi connectivity index (χ2n) is 10.3. The van der Waals surface area contributed by atoms with E-state index in [0.717, 1.165) is 42.7 Å². The third-order valence-corrected chi connectivity index (χ3v) is 7.95. The second-order valence-corrected chi connectivity index (χ2v) is 10.3. The van der Waals surface area contributed by atoms with E-state index < -0.39 is 0 Å². The van der Waals surface area contributed by atoms with Crippen molar-refractivity contribution >= 4 is 11.8 Å². The maximum absolute atomic E-state index is 13.3. The fourth-order valence-corrected chi connectivity index (χ4v) is 6.22. The van der Waals surface area contributed by atoms with Gasteiger partial charge in [-0.25, -0.2) is 0 Å². The molecule has 7 heteroatoms. The topological polar surface area (TPSA) is 68.3 Å². The molecule has 5 atom stereocenters. The lowest BCUT2D eigenvalue weighted by Gasteiger charge is -2.53. The Morgan fingerprint density at radius 3 is 2.75 bits per heavy atom. The normalized spacial score (nSPS) is 32.9. The molecule has 0 N–H and O–H groups in total. The molecule has 32 heavy (non-hydrogen) atoms. The Labute approximate surface area is 190 Å². The van der Waals surface area contributed by atoms with Crippen molar-refractivity contribution in [2.24, 2.45) is 11.8 Å². The summed E-state index contributed by atoms with van der Waals surface area (Å²) in [5.74, 6) is 2.21. The third-order valence-electron chi connectivity index (χ3n) is 7.95. The third kappa shape index (κ3) is 3.54. The van der Waals surface area contributed by atoms with Crippen LogP contribution in [0.1, 0.15) is 58.1 Å². The van der Waals surface area contributed by atoms with Gasteiger partial charge in [0.25, 0.3) is 0 Å². The van der Waals surface area contributed by atoms with Crippen LogP contribution < -0.4 is 9.47 Å². The van der Waals surface area contributed by atoms with E-state index in [4.69, 9.17) is 14.2 Å². The smallest absolute Gasteiger partial charge is 0.245 e. The van der Waals surface area contributed by atoms with Gasteiger partial charge in [0.2, 0.25) is 11.8 Å². The minimum Gasteiger partial charge on any atom is -0.497 e. The monoisotopic (exact) mass is 442 g/mol. The van der Waals surface area contributed by atoms with E-state index in [9.17, 15) is 9.59 Å². The zero-order valence-corrected chi connectivity index (χ0v) is 19.5. The van der Waals surface area contributed by atoms with E-state index in [1.54, 1.807) is 18.9 Å². The van der Waals surface area contributed by atoms with Crippen LogP contribution in [0, 0.1) is 11.8 Å². The molecular weight excluding hydrogens is 408 g/mol. The number of rotatable bonds is 2. The number of methoxy groups -OCH3 is 1. The molecule has 3 fully saturated rings. The Balaban J connectivity index is 1.34. The number of likely N-dealkylation sites (tertiary alicyclic amines) is 2. The molecule has 1 aromatic rings. The number of benzene rings is 1. The molecule has 5 rings (SSSR count).